The van der Waals surface area contributed by atoms with Crippen LogP contribution in [0.25, 0.3) is 0 Å². The zero-order valence-corrected chi connectivity index (χ0v) is 15.5. The molecule has 2 aliphatic heterocycles. The fourth-order valence-electron chi connectivity index (χ4n) is 3.29. The Balaban J connectivity index is 1.60. The molecule has 1 spiro atoms. The molecule has 1 N–H and O–H groups in total. The maximum atomic E-state index is 12.9. The number of anilines is 1. The minimum absolute atomic E-state index is 0.184. The van der Waals surface area contributed by atoms with Gasteiger partial charge in [0, 0.05) is 31.6 Å². The maximum absolute atomic E-state index is 12.9. The average molecular weight is 362 g/mol. The molecule has 2 fully saturated rings. The van der Waals surface area contributed by atoms with E-state index in [2.05, 4.69) is 5.32 Å². The third-order valence-corrected chi connectivity index (χ3v) is 5.08. The molecule has 0 aromatic heterocycles. The molecule has 2 saturated heterocycles. The standard InChI is InChI=1S/C19H26N2O5/c1-18(2,16(22)20-14-4-6-15(24-3)7-5-14)17(23)21-10-8-19(9-11-21)25-12-13-26-19/h4-7H,8-13H2,1-3H3,(H,20,22). The van der Waals surface area contributed by atoms with E-state index in [9.17, 15) is 9.59 Å². The van der Waals surface area contributed by atoms with Gasteiger partial charge in [0.05, 0.1) is 20.3 Å². The highest BCUT2D eigenvalue weighted by Crippen LogP contribution is 2.33. The Hall–Kier alpha value is -2.12. The Kier molecular flexibility index (Phi) is 5.20. The first-order chi connectivity index (χ1) is 12.4. The summed E-state index contributed by atoms with van der Waals surface area (Å²) in [4.78, 5) is 27.3. The largest absolute Gasteiger partial charge is 0.497 e. The molecule has 0 atom stereocenters. The number of nitrogens with one attached hydrogen (secondary N) is 1. The van der Waals surface area contributed by atoms with Gasteiger partial charge in [0.1, 0.15) is 11.2 Å². The number of piperidine rings is 1. The van der Waals surface area contributed by atoms with Crippen LogP contribution in [-0.4, -0.2) is 55.9 Å². The summed E-state index contributed by atoms with van der Waals surface area (Å²) in [7, 11) is 1.58. The van der Waals surface area contributed by atoms with Crippen molar-refractivity contribution in [2.24, 2.45) is 5.41 Å². The van der Waals surface area contributed by atoms with Crippen LogP contribution < -0.4 is 10.1 Å². The quantitative estimate of drug-likeness (QED) is 0.830. The van der Waals surface area contributed by atoms with E-state index in [1.165, 1.54) is 0 Å². The first kappa shape index (κ1) is 18.7. The van der Waals surface area contributed by atoms with E-state index >= 15 is 0 Å². The fraction of sp³-hybridized carbons (Fsp3) is 0.579. The van der Waals surface area contributed by atoms with Crippen molar-refractivity contribution in [3.63, 3.8) is 0 Å². The van der Waals surface area contributed by atoms with Gasteiger partial charge in [-0.15, -0.1) is 0 Å². The lowest BCUT2D eigenvalue weighted by Crippen LogP contribution is -2.53. The van der Waals surface area contributed by atoms with Crippen LogP contribution in [0, 0.1) is 5.41 Å². The summed E-state index contributed by atoms with van der Waals surface area (Å²) < 4.78 is 16.5. The Morgan fingerprint density at radius 1 is 1.12 bits per heavy atom. The number of hydrogen-bond donors (Lipinski definition) is 1. The van der Waals surface area contributed by atoms with Gasteiger partial charge in [0.2, 0.25) is 11.8 Å². The van der Waals surface area contributed by atoms with Gasteiger partial charge in [-0.05, 0) is 38.1 Å². The maximum Gasteiger partial charge on any atom is 0.239 e. The smallest absolute Gasteiger partial charge is 0.239 e. The van der Waals surface area contributed by atoms with Crippen LogP contribution >= 0.6 is 0 Å². The molecule has 0 bridgehead atoms. The first-order valence-corrected chi connectivity index (χ1v) is 8.89. The zero-order valence-electron chi connectivity index (χ0n) is 15.5. The molecule has 7 nitrogen and oxygen atoms in total. The van der Waals surface area contributed by atoms with Gasteiger partial charge in [0.15, 0.2) is 5.79 Å². The van der Waals surface area contributed by atoms with E-state index in [1.54, 1.807) is 50.1 Å². The van der Waals surface area contributed by atoms with Crippen LogP contribution in [0.3, 0.4) is 0 Å². The molecule has 0 unspecified atom stereocenters. The predicted octanol–water partition coefficient (Wildman–Crippen LogP) is 2.03. The van der Waals surface area contributed by atoms with Crippen LogP contribution in [0.1, 0.15) is 26.7 Å². The van der Waals surface area contributed by atoms with Crippen molar-refractivity contribution in [3.8, 4) is 5.75 Å². The van der Waals surface area contributed by atoms with Gasteiger partial charge in [-0.2, -0.15) is 0 Å². The SMILES string of the molecule is COc1ccc(NC(=O)C(C)(C)C(=O)N2CCC3(CC2)OCCO3)cc1. The zero-order chi connectivity index (χ0) is 18.8. The summed E-state index contributed by atoms with van der Waals surface area (Å²) in [6.45, 7) is 5.56. The van der Waals surface area contributed by atoms with Gasteiger partial charge in [-0.3, -0.25) is 9.59 Å². The van der Waals surface area contributed by atoms with Crippen LogP contribution in [0.5, 0.6) is 5.75 Å². The van der Waals surface area contributed by atoms with Crippen molar-refractivity contribution in [1.29, 1.82) is 0 Å². The second kappa shape index (κ2) is 7.25. The highest BCUT2D eigenvalue weighted by molar-refractivity contribution is 6.09. The number of rotatable bonds is 4. The van der Waals surface area contributed by atoms with E-state index in [1.807, 2.05) is 0 Å². The van der Waals surface area contributed by atoms with Crippen molar-refractivity contribution in [3.05, 3.63) is 24.3 Å². The number of nitrogens with zero attached hydrogens (tertiary/aromatic N) is 1. The number of amides is 2. The molecule has 2 amide bonds. The van der Waals surface area contributed by atoms with Crippen molar-refractivity contribution in [2.45, 2.75) is 32.5 Å². The molecule has 0 saturated carbocycles. The lowest BCUT2D eigenvalue weighted by atomic mass is 9.88. The molecule has 142 valence electrons. The summed E-state index contributed by atoms with van der Waals surface area (Å²) in [5.74, 6) is -0.346. The van der Waals surface area contributed by atoms with Crippen LogP contribution in [-0.2, 0) is 19.1 Å². The monoisotopic (exact) mass is 362 g/mol. The second-order valence-corrected chi connectivity index (χ2v) is 7.21. The van der Waals surface area contributed by atoms with Crippen LogP contribution in [0.2, 0.25) is 0 Å². The number of methoxy groups -OCH3 is 1. The van der Waals surface area contributed by atoms with Gasteiger partial charge in [-0.1, -0.05) is 0 Å². The summed E-state index contributed by atoms with van der Waals surface area (Å²) in [5, 5.41) is 2.81. The molecule has 1 aromatic rings. The highest BCUT2D eigenvalue weighted by atomic mass is 16.7. The normalized spacial score (nSPS) is 19.4. The van der Waals surface area contributed by atoms with E-state index in [-0.39, 0.29) is 11.8 Å². The van der Waals surface area contributed by atoms with Crippen molar-refractivity contribution < 1.29 is 23.8 Å². The molecule has 3 rings (SSSR count). The van der Waals surface area contributed by atoms with Crippen LogP contribution in [0.15, 0.2) is 24.3 Å². The average Bonchev–Trinajstić information content (AvgIpc) is 3.10. The van der Waals surface area contributed by atoms with Crippen molar-refractivity contribution in [1.82, 2.24) is 4.90 Å². The van der Waals surface area contributed by atoms with E-state index in [0.29, 0.717) is 50.6 Å². The third-order valence-electron chi connectivity index (χ3n) is 5.08. The predicted molar refractivity (Wildman–Crippen MR) is 95.9 cm³/mol. The number of likely N-dealkylation sites (tertiary alicyclic amines) is 1. The van der Waals surface area contributed by atoms with Gasteiger partial charge in [0.25, 0.3) is 0 Å². The van der Waals surface area contributed by atoms with Gasteiger partial charge >= 0.3 is 0 Å². The minimum atomic E-state index is -1.16. The summed E-state index contributed by atoms with van der Waals surface area (Å²) in [5.41, 5.74) is -0.538. The van der Waals surface area contributed by atoms with Crippen molar-refractivity contribution in [2.75, 3.05) is 38.7 Å². The molecule has 1 aromatic carbocycles. The molecule has 0 aliphatic carbocycles. The Labute approximate surface area is 153 Å². The number of benzene rings is 1. The number of carbonyl (C=O) groups excluding carboxylic acids is 2. The number of carbonyl (C=O) groups is 2. The Morgan fingerprint density at radius 3 is 2.23 bits per heavy atom. The lowest BCUT2D eigenvalue weighted by Gasteiger charge is -2.40. The Bertz CT molecular complexity index is 655. The highest BCUT2D eigenvalue weighted by Gasteiger charge is 2.45. The molecule has 26 heavy (non-hydrogen) atoms. The van der Waals surface area contributed by atoms with Gasteiger partial charge < -0.3 is 24.4 Å². The summed E-state index contributed by atoms with van der Waals surface area (Å²) in [6.07, 6.45) is 1.27. The molecular weight excluding hydrogens is 336 g/mol. The topological polar surface area (TPSA) is 77.1 Å². The molecule has 7 heteroatoms. The lowest BCUT2D eigenvalue weighted by molar-refractivity contribution is -0.189. The van der Waals surface area contributed by atoms with Crippen LogP contribution in [0.4, 0.5) is 5.69 Å². The first-order valence-electron chi connectivity index (χ1n) is 8.89. The second-order valence-electron chi connectivity index (χ2n) is 7.21. The molecule has 2 heterocycles. The van der Waals surface area contributed by atoms with E-state index < -0.39 is 11.2 Å². The number of ether oxygens (including phenoxy) is 3. The Morgan fingerprint density at radius 2 is 1.69 bits per heavy atom. The number of hydrogen-bond acceptors (Lipinski definition) is 5. The van der Waals surface area contributed by atoms with Gasteiger partial charge in [-0.25, -0.2) is 0 Å². The van der Waals surface area contributed by atoms with E-state index in [0.717, 1.165) is 0 Å². The molecule has 0 radical (unpaired) electrons. The third kappa shape index (κ3) is 3.68. The summed E-state index contributed by atoms with van der Waals surface area (Å²) in [6, 6.07) is 7.01. The minimum Gasteiger partial charge on any atom is -0.497 e. The summed E-state index contributed by atoms with van der Waals surface area (Å²) >= 11 is 0. The molecular formula is C19H26N2O5. The molecule has 2 aliphatic rings. The van der Waals surface area contributed by atoms with E-state index in [4.69, 9.17) is 14.2 Å². The fourth-order valence-corrected chi connectivity index (χ4v) is 3.29. The van der Waals surface area contributed by atoms with Crippen molar-refractivity contribution >= 4 is 17.5 Å².